The molecule has 1 heterocycles. The van der Waals surface area contributed by atoms with Gasteiger partial charge in [-0.1, -0.05) is 49.0 Å². The van der Waals surface area contributed by atoms with Gasteiger partial charge in [0.05, 0.1) is 11.1 Å². The Hall–Kier alpha value is -3.03. The Morgan fingerprint density at radius 3 is 2.38 bits per heavy atom. The number of carbonyl (C=O) groups is 1. The number of thioether (sulfide) groups is 1. The first-order chi connectivity index (χ1) is 11.5. The minimum atomic E-state index is -0.706. The van der Waals surface area contributed by atoms with Crippen LogP contribution < -0.4 is 11.5 Å². The van der Waals surface area contributed by atoms with Crippen LogP contribution >= 0.6 is 11.8 Å². The maximum Gasteiger partial charge on any atom is 0.235 e. The van der Waals surface area contributed by atoms with Gasteiger partial charge in [-0.3, -0.25) is 4.79 Å². The van der Waals surface area contributed by atoms with E-state index in [1.165, 1.54) is 0 Å². The first-order valence-electron chi connectivity index (χ1n) is 7.16. The summed E-state index contributed by atoms with van der Waals surface area (Å²) >= 11 is 1.07. The fraction of sp³-hybridized carbons (Fsp3) is 0.176. The van der Waals surface area contributed by atoms with E-state index < -0.39 is 11.2 Å². The van der Waals surface area contributed by atoms with Crippen molar-refractivity contribution < 1.29 is 4.79 Å². The Kier molecular flexibility index (Phi) is 5.41. The summed E-state index contributed by atoms with van der Waals surface area (Å²) in [7, 11) is 0. The molecule has 6 nitrogen and oxygen atoms in total. The molecule has 0 aliphatic heterocycles. The van der Waals surface area contributed by atoms with Crippen LogP contribution in [0.15, 0.2) is 35.4 Å². The summed E-state index contributed by atoms with van der Waals surface area (Å²) in [4.78, 5) is 16.0. The number of anilines is 1. The van der Waals surface area contributed by atoms with Crippen molar-refractivity contribution in [3.05, 3.63) is 52.6 Å². The Balaban J connectivity index is 2.56. The van der Waals surface area contributed by atoms with Crippen LogP contribution in [-0.2, 0) is 11.2 Å². The Labute approximate surface area is 144 Å². The van der Waals surface area contributed by atoms with Crippen molar-refractivity contribution in [3.63, 3.8) is 0 Å². The molecule has 1 amide bonds. The fourth-order valence-corrected chi connectivity index (χ4v) is 3.41. The molecule has 24 heavy (non-hydrogen) atoms. The minimum absolute atomic E-state index is 0.0483. The van der Waals surface area contributed by atoms with Gasteiger partial charge in [-0.15, -0.1) is 0 Å². The van der Waals surface area contributed by atoms with Gasteiger partial charge in [0, 0.05) is 0 Å². The number of aromatic nitrogens is 1. The Morgan fingerprint density at radius 1 is 1.25 bits per heavy atom. The highest BCUT2D eigenvalue weighted by Crippen LogP contribution is 2.38. The van der Waals surface area contributed by atoms with E-state index in [9.17, 15) is 15.3 Å². The number of rotatable bonds is 5. The van der Waals surface area contributed by atoms with Gasteiger partial charge in [-0.2, -0.15) is 10.5 Å². The van der Waals surface area contributed by atoms with Crippen LogP contribution in [0, 0.1) is 22.7 Å². The molecule has 0 saturated carbocycles. The summed E-state index contributed by atoms with van der Waals surface area (Å²) in [5.41, 5.74) is 13.1. The molecule has 0 radical (unpaired) electrons. The van der Waals surface area contributed by atoms with E-state index in [0.717, 1.165) is 11.8 Å². The first kappa shape index (κ1) is 17.3. The monoisotopic (exact) mass is 337 g/mol. The van der Waals surface area contributed by atoms with E-state index in [4.69, 9.17) is 11.5 Å². The van der Waals surface area contributed by atoms with E-state index in [-0.39, 0.29) is 16.9 Å². The summed E-state index contributed by atoms with van der Waals surface area (Å²) < 4.78 is 0. The lowest BCUT2D eigenvalue weighted by atomic mass is 10.0. The molecule has 1 aromatic heterocycles. The average Bonchev–Trinajstić information content (AvgIpc) is 2.59. The number of amides is 1. The zero-order valence-corrected chi connectivity index (χ0v) is 13.8. The molecule has 0 bridgehead atoms. The number of carbonyl (C=O) groups excluding carboxylic acids is 1. The lowest BCUT2D eigenvalue weighted by Gasteiger charge is -2.16. The molecule has 4 N–H and O–H groups in total. The van der Waals surface area contributed by atoms with E-state index in [0.29, 0.717) is 22.6 Å². The van der Waals surface area contributed by atoms with E-state index >= 15 is 0 Å². The molecule has 0 aliphatic rings. The van der Waals surface area contributed by atoms with Crippen LogP contribution in [0.5, 0.6) is 0 Å². The Morgan fingerprint density at radius 2 is 1.88 bits per heavy atom. The third-order valence-electron chi connectivity index (χ3n) is 3.46. The van der Waals surface area contributed by atoms with Gasteiger partial charge in [0.1, 0.15) is 28.2 Å². The van der Waals surface area contributed by atoms with Crippen LogP contribution in [0.2, 0.25) is 0 Å². The minimum Gasteiger partial charge on any atom is -0.383 e. The smallest absolute Gasteiger partial charge is 0.235 e. The molecule has 2 rings (SSSR count). The maximum absolute atomic E-state index is 11.9. The van der Waals surface area contributed by atoms with Crippen LogP contribution in [-0.4, -0.2) is 10.9 Å². The number of nitrogen functional groups attached to an aromatic ring is 1. The van der Waals surface area contributed by atoms with Crippen LogP contribution in [0.3, 0.4) is 0 Å². The normalized spacial score (nSPS) is 11.3. The molecule has 1 aromatic carbocycles. The summed E-state index contributed by atoms with van der Waals surface area (Å²) in [5.74, 6) is -0.495. The molecule has 2 aromatic rings. The highest BCUT2D eigenvalue weighted by molar-refractivity contribution is 8.00. The number of pyridine rings is 1. The van der Waals surface area contributed by atoms with Gasteiger partial charge < -0.3 is 11.5 Å². The van der Waals surface area contributed by atoms with Gasteiger partial charge in [0.15, 0.2) is 0 Å². The van der Waals surface area contributed by atoms with E-state index in [1.54, 1.807) is 24.3 Å². The Bertz CT molecular complexity index is 852. The van der Waals surface area contributed by atoms with E-state index in [1.807, 2.05) is 19.1 Å². The number of nitriles is 2. The fourth-order valence-electron chi connectivity index (χ4n) is 2.34. The van der Waals surface area contributed by atoms with E-state index in [2.05, 4.69) is 11.1 Å². The average molecular weight is 337 g/mol. The standard InChI is InChI=1S/C17H15N5OS/c1-2-11-12(8-18)15(20)22-17(13(11)9-19)24-14(16(21)23)10-6-4-3-5-7-10/h3-7,14H,2H2,1H3,(H2,20,22)(H2,21,23)/t14-/m1/s1. The van der Waals surface area contributed by atoms with Gasteiger partial charge in [0.25, 0.3) is 0 Å². The van der Waals surface area contributed by atoms with Gasteiger partial charge in [0.2, 0.25) is 5.91 Å². The zero-order chi connectivity index (χ0) is 17.7. The van der Waals surface area contributed by atoms with Crippen molar-refractivity contribution in [1.82, 2.24) is 4.98 Å². The van der Waals surface area contributed by atoms with Crippen LogP contribution in [0.1, 0.15) is 34.4 Å². The number of nitrogens with two attached hydrogens (primary N) is 2. The quantitative estimate of drug-likeness (QED) is 0.805. The molecule has 0 fully saturated rings. The zero-order valence-electron chi connectivity index (χ0n) is 13.0. The van der Waals surface area contributed by atoms with Crippen molar-refractivity contribution in [2.75, 3.05) is 5.73 Å². The second kappa shape index (κ2) is 7.49. The van der Waals surface area contributed by atoms with Crippen LogP contribution in [0.25, 0.3) is 0 Å². The molecular formula is C17H15N5OS. The number of nitrogens with zero attached hydrogens (tertiary/aromatic N) is 3. The SMILES string of the molecule is CCc1c(C#N)c(N)nc(S[C@@H](C(N)=O)c2ccccc2)c1C#N. The van der Waals surface area contributed by atoms with Crippen molar-refractivity contribution in [1.29, 1.82) is 10.5 Å². The van der Waals surface area contributed by atoms with Crippen molar-refractivity contribution in [2.45, 2.75) is 23.6 Å². The third-order valence-corrected chi connectivity index (χ3v) is 4.72. The lowest BCUT2D eigenvalue weighted by Crippen LogP contribution is -2.19. The maximum atomic E-state index is 11.9. The number of benzene rings is 1. The predicted octanol–water partition coefficient (Wildman–Crippen LogP) is 2.29. The van der Waals surface area contributed by atoms with Gasteiger partial charge in [-0.05, 0) is 17.5 Å². The largest absolute Gasteiger partial charge is 0.383 e. The molecule has 1 atom stereocenters. The molecule has 7 heteroatoms. The summed E-state index contributed by atoms with van der Waals surface area (Å²) in [5, 5.41) is 18.3. The second-order valence-corrected chi connectivity index (χ2v) is 6.01. The van der Waals surface area contributed by atoms with Crippen molar-refractivity contribution in [3.8, 4) is 12.1 Å². The molecule has 0 spiro atoms. The molecule has 120 valence electrons. The first-order valence-corrected chi connectivity index (χ1v) is 8.04. The third kappa shape index (κ3) is 3.32. The molecular weight excluding hydrogens is 322 g/mol. The lowest BCUT2D eigenvalue weighted by molar-refractivity contribution is -0.117. The summed E-state index contributed by atoms with van der Waals surface area (Å²) in [6.45, 7) is 1.83. The van der Waals surface area contributed by atoms with Crippen molar-refractivity contribution in [2.24, 2.45) is 5.73 Å². The van der Waals surface area contributed by atoms with Gasteiger partial charge in [-0.25, -0.2) is 4.98 Å². The summed E-state index contributed by atoms with van der Waals surface area (Å²) in [6.07, 6.45) is 0.457. The number of hydrogen-bond acceptors (Lipinski definition) is 6. The highest BCUT2D eigenvalue weighted by Gasteiger charge is 2.24. The summed E-state index contributed by atoms with van der Waals surface area (Å²) in [6, 6.07) is 13.1. The topological polar surface area (TPSA) is 130 Å². The molecule has 0 aliphatic carbocycles. The van der Waals surface area contributed by atoms with Crippen molar-refractivity contribution >= 4 is 23.5 Å². The second-order valence-electron chi connectivity index (χ2n) is 4.92. The van der Waals surface area contributed by atoms with Gasteiger partial charge >= 0.3 is 0 Å². The van der Waals surface area contributed by atoms with Crippen LogP contribution in [0.4, 0.5) is 5.82 Å². The highest BCUT2D eigenvalue weighted by atomic mass is 32.2. The number of hydrogen-bond donors (Lipinski definition) is 2. The number of primary amides is 1. The molecule has 0 saturated heterocycles. The predicted molar refractivity (Wildman–Crippen MR) is 91.7 cm³/mol. The molecule has 0 unspecified atom stereocenters.